The zero-order valence-electron chi connectivity index (χ0n) is 26.6. The SMILES string of the molecule is CCCC(c1nc2cc(C#N)c(N3CCC(c4cccc(O)c4)(N(C)C)CC3)cc2c(=O)n1CC)N1C[C@@H](C)N[C@@H](C)C1. The average Bonchev–Trinajstić information content (AvgIpc) is 2.98. The molecule has 3 aromatic rings. The number of rotatable bonds is 8. The van der Waals surface area contributed by atoms with Crippen LogP contribution in [0.25, 0.3) is 10.9 Å². The van der Waals surface area contributed by atoms with E-state index in [1.165, 1.54) is 0 Å². The van der Waals surface area contributed by atoms with Crippen LogP contribution in [0.1, 0.15) is 76.4 Å². The Morgan fingerprint density at radius 3 is 2.42 bits per heavy atom. The Kier molecular flexibility index (Phi) is 9.12. The Hall–Kier alpha value is -3.45. The van der Waals surface area contributed by atoms with Crippen LogP contribution in [-0.2, 0) is 12.1 Å². The quantitative estimate of drug-likeness (QED) is 0.397. The third-order valence-corrected chi connectivity index (χ3v) is 9.60. The summed E-state index contributed by atoms with van der Waals surface area (Å²) in [5.74, 6) is 1.07. The summed E-state index contributed by atoms with van der Waals surface area (Å²) in [6, 6.07) is 14.4. The summed E-state index contributed by atoms with van der Waals surface area (Å²) in [5, 5.41) is 24.6. The topological polar surface area (TPSA) is 101 Å². The molecule has 0 aliphatic carbocycles. The number of nitriles is 1. The van der Waals surface area contributed by atoms with Gasteiger partial charge in [0.05, 0.1) is 28.2 Å². The second-order valence-electron chi connectivity index (χ2n) is 12.7. The number of nitrogens with one attached hydrogen (secondary N) is 1. The van der Waals surface area contributed by atoms with E-state index in [1.807, 2.05) is 35.8 Å². The van der Waals surface area contributed by atoms with E-state index in [1.54, 1.807) is 6.07 Å². The fraction of sp³-hybridized carbons (Fsp3) is 0.559. The highest BCUT2D eigenvalue weighted by Crippen LogP contribution is 2.40. The Labute approximate surface area is 255 Å². The maximum absolute atomic E-state index is 14.1. The van der Waals surface area contributed by atoms with Crippen molar-refractivity contribution in [2.75, 3.05) is 45.2 Å². The van der Waals surface area contributed by atoms with Crippen LogP contribution < -0.4 is 15.8 Å². The number of nitrogens with zero attached hydrogens (tertiary/aromatic N) is 6. The molecule has 1 unspecified atom stereocenters. The van der Waals surface area contributed by atoms with Gasteiger partial charge in [0.25, 0.3) is 5.56 Å². The van der Waals surface area contributed by atoms with Gasteiger partial charge in [-0.15, -0.1) is 0 Å². The monoisotopic (exact) mass is 585 g/mol. The summed E-state index contributed by atoms with van der Waals surface area (Å²) in [7, 11) is 4.17. The number of phenolic OH excluding ortho intramolecular Hbond substituents is 1. The molecular weight excluding hydrogens is 538 g/mol. The minimum atomic E-state index is -0.225. The Balaban J connectivity index is 1.53. The van der Waals surface area contributed by atoms with Crippen LogP contribution in [0.15, 0.2) is 41.2 Å². The Morgan fingerprint density at radius 1 is 1.14 bits per heavy atom. The number of benzene rings is 2. The number of anilines is 1. The highest BCUT2D eigenvalue weighted by Gasteiger charge is 2.39. The molecule has 1 aromatic heterocycles. The summed E-state index contributed by atoms with van der Waals surface area (Å²) in [4.78, 5) is 26.2. The number of piperidine rings is 1. The van der Waals surface area contributed by atoms with Crippen molar-refractivity contribution in [3.63, 3.8) is 0 Å². The number of fused-ring (bicyclic) bond motifs is 1. The average molecular weight is 586 g/mol. The van der Waals surface area contributed by atoms with E-state index in [4.69, 9.17) is 4.98 Å². The van der Waals surface area contributed by atoms with Gasteiger partial charge in [0.15, 0.2) is 0 Å². The first kappa shape index (κ1) is 31.0. The molecular formula is C34H47N7O2. The van der Waals surface area contributed by atoms with Gasteiger partial charge >= 0.3 is 0 Å². The number of aromatic nitrogens is 2. The molecule has 0 amide bonds. The maximum atomic E-state index is 14.1. The zero-order chi connectivity index (χ0) is 30.9. The molecule has 2 aliphatic heterocycles. The van der Waals surface area contributed by atoms with Gasteiger partial charge < -0.3 is 15.3 Å². The smallest absolute Gasteiger partial charge is 0.261 e. The van der Waals surface area contributed by atoms with Crippen LogP contribution in [0.5, 0.6) is 5.75 Å². The van der Waals surface area contributed by atoms with Crippen molar-refractivity contribution in [3.8, 4) is 11.8 Å². The Morgan fingerprint density at radius 2 is 1.84 bits per heavy atom. The lowest BCUT2D eigenvalue weighted by Crippen LogP contribution is -2.55. The standard InChI is InChI=1S/C34H47N7O2/c1-7-10-30(40-21-23(3)36-24(4)22-40)32-37-29-17-25(20-35)31(19-28(29)33(43)41(32)8-2)39-15-13-34(14-16-39,38(5)6)26-11-9-12-27(42)18-26/h9,11-12,17-19,23-24,30,36,42H,7-8,10,13-16,21-22H2,1-6H3/t23-,24+,30?. The summed E-state index contributed by atoms with van der Waals surface area (Å²) >= 11 is 0. The second-order valence-corrected chi connectivity index (χ2v) is 12.7. The second kappa shape index (κ2) is 12.7. The number of aromatic hydroxyl groups is 1. The highest BCUT2D eigenvalue weighted by molar-refractivity contribution is 5.85. The van der Waals surface area contributed by atoms with Gasteiger partial charge in [-0.1, -0.05) is 25.5 Å². The molecule has 2 aromatic carbocycles. The molecule has 43 heavy (non-hydrogen) atoms. The first-order valence-electron chi connectivity index (χ1n) is 15.8. The lowest BCUT2D eigenvalue weighted by atomic mass is 9.79. The van der Waals surface area contributed by atoms with Crippen LogP contribution in [-0.4, -0.2) is 76.8 Å². The van der Waals surface area contributed by atoms with Crippen LogP contribution >= 0.6 is 0 Å². The van der Waals surface area contributed by atoms with Gasteiger partial charge in [-0.2, -0.15) is 5.26 Å². The Bertz CT molecular complexity index is 1540. The number of hydrogen-bond donors (Lipinski definition) is 2. The first-order valence-corrected chi connectivity index (χ1v) is 15.8. The van der Waals surface area contributed by atoms with Crippen molar-refractivity contribution in [1.29, 1.82) is 5.26 Å². The van der Waals surface area contributed by atoms with Crippen molar-refractivity contribution >= 4 is 16.6 Å². The summed E-state index contributed by atoms with van der Waals surface area (Å²) < 4.78 is 1.85. The number of hydrogen-bond acceptors (Lipinski definition) is 8. The molecule has 5 rings (SSSR count). The summed E-state index contributed by atoms with van der Waals surface area (Å²) in [5.41, 5.74) is 2.77. The molecule has 2 fully saturated rings. The zero-order valence-corrected chi connectivity index (χ0v) is 26.6. The predicted molar refractivity (Wildman–Crippen MR) is 173 cm³/mol. The van der Waals surface area contributed by atoms with Crippen molar-refractivity contribution in [2.24, 2.45) is 0 Å². The minimum absolute atomic E-state index is 0.0371. The van der Waals surface area contributed by atoms with E-state index in [-0.39, 0.29) is 22.9 Å². The molecule has 3 heterocycles. The van der Waals surface area contributed by atoms with E-state index in [2.05, 4.69) is 67.0 Å². The molecule has 3 atom stereocenters. The van der Waals surface area contributed by atoms with E-state index < -0.39 is 0 Å². The van der Waals surface area contributed by atoms with Crippen molar-refractivity contribution in [2.45, 2.75) is 83.6 Å². The lowest BCUT2D eigenvalue weighted by molar-refractivity contribution is 0.109. The molecule has 9 heteroatoms. The number of phenols is 1. The lowest BCUT2D eigenvalue weighted by Gasteiger charge is -2.47. The van der Waals surface area contributed by atoms with E-state index in [9.17, 15) is 15.2 Å². The molecule has 230 valence electrons. The molecule has 0 bridgehead atoms. The summed E-state index contributed by atoms with van der Waals surface area (Å²) in [6.07, 6.45) is 3.55. The molecule has 0 spiro atoms. The van der Waals surface area contributed by atoms with Crippen molar-refractivity contribution < 1.29 is 5.11 Å². The van der Waals surface area contributed by atoms with Gasteiger partial charge in [-0.25, -0.2) is 4.98 Å². The van der Waals surface area contributed by atoms with Crippen LogP contribution in [0.4, 0.5) is 5.69 Å². The largest absolute Gasteiger partial charge is 0.508 e. The number of piperazine rings is 1. The normalized spacial score (nSPS) is 21.7. The van der Waals surface area contributed by atoms with Crippen molar-refractivity contribution in [3.05, 3.63) is 63.7 Å². The third kappa shape index (κ3) is 5.88. The maximum Gasteiger partial charge on any atom is 0.261 e. The van der Waals surface area contributed by atoms with E-state index >= 15 is 0 Å². The molecule has 9 nitrogen and oxygen atoms in total. The van der Waals surface area contributed by atoms with E-state index in [0.717, 1.165) is 68.9 Å². The first-order chi connectivity index (χ1) is 20.6. The fourth-order valence-electron chi connectivity index (χ4n) is 7.46. The van der Waals surface area contributed by atoms with Crippen LogP contribution in [0.3, 0.4) is 0 Å². The fourth-order valence-corrected chi connectivity index (χ4v) is 7.46. The molecule has 0 saturated carbocycles. The minimum Gasteiger partial charge on any atom is -0.508 e. The summed E-state index contributed by atoms with van der Waals surface area (Å²) in [6.45, 7) is 12.4. The van der Waals surface area contributed by atoms with Crippen molar-refractivity contribution in [1.82, 2.24) is 24.7 Å². The predicted octanol–water partition coefficient (Wildman–Crippen LogP) is 4.57. The molecule has 2 aliphatic rings. The molecule has 2 saturated heterocycles. The van der Waals surface area contributed by atoms with Crippen LogP contribution in [0.2, 0.25) is 0 Å². The van der Waals surface area contributed by atoms with Gasteiger partial charge in [-0.3, -0.25) is 19.2 Å². The van der Waals surface area contributed by atoms with Crippen LogP contribution in [0, 0.1) is 11.3 Å². The van der Waals surface area contributed by atoms with E-state index in [0.29, 0.717) is 35.1 Å². The molecule has 0 radical (unpaired) electrons. The van der Waals surface area contributed by atoms with Gasteiger partial charge in [-0.05, 0) is 84.0 Å². The van der Waals surface area contributed by atoms with Gasteiger partial charge in [0.1, 0.15) is 17.6 Å². The third-order valence-electron chi connectivity index (χ3n) is 9.60. The molecule has 2 N–H and O–H groups in total. The van der Waals surface area contributed by atoms with Gasteiger partial charge in [0.2, 0.25) is 0 Å². The highest BCUT2D eigenvalue weighted by atomic mass is 16.3. The van der Waals surface area contributed by atoms with Gasteiger partial charge in [0, 0.05) is 50.3 Å².